The SMILES string of the molecule is CNc1nc(N(C)C(C)CO)c(F)cc1F. The zero-order valence-corrected chi connectivity index (χ0v) is 9.46. The van der Waals surface area contributed by atoms with Crippen LogP contribution < -0.4 is 10.2 Å². The molecule has 0 amide bonds. The van der Waals surface area contributed by atoms with Crippen LogP contribution in [0.1, 0.15) is 6.92 Å². The molecule has 0 saturated heterocycles. The second-order valence-corrected chi connectivity index (χ2v) is 3.52. The normalized spacial score (nSPS) is 12.4. The van der Waals surface area contributed by atoms with Crippen molar-refractivity contribution in [3.63, 3.8) is 0 Å². The Morgan fingerprint density at radius 1 is 1.50 bits per heavy atom. The molecule has 1 aromatic heterocycles. The van der Waals surface area contributed by atoms with Gasteiger partial charge in [-0.25, -0.2) is 13.8 Å². The number of rotatable bonds is 4. The van der Waals surface area contributed by atoms with Gasteiger partial charge in [0, 0.05) is 20.2 Å². The van der Waals surface area contributed by atoms with Crippen LogP contribution in [0.15, 0.2) is 6.07 Å². The van der Waals surface area contributed by atoms with Crippen LogP contribution in [0.4, 0.5) is 20.4 Å². The molecule has 1 atom stereocenters. The predicted molar refractivity (Wildman–Crippen MR) is 58.7 cm³/mol. The Balaban J connectivity index is 3.13. The Bertz CT molecular complexity index is 373. The number of likely N-dealkylation sites (N-methyl/N-ethyl adjacent to an activating group) is 1. The number of pyridine rings is 1. The van der Waals surface area contributed by atoms with Gasteiger partial charge in [-0.05, 0) is 6.92 Å². The molecule has 0 spiro atoms. The first kappa shape index (κ1) is 12.6. The van der Waals surface area contributed by atoms with E-state index in [-0.39, 0.29) is 24.3 Å². The van der Waals surface area contributed by atoms with Crippen LogP contribution in [0, 0.1) is 11.6 Å². The van der Waals surface area contributed by atoms with Crippen LogP contribution >= 0.6 is 0 Å². The number of nitrogens with zero attached hydrogens (tertiary/aromatic N) is 2. The Hall–Kier alpha value is -1.43. The van der Waals surface area contributed by atoms with E-state index in [0.29, 0.717) is 0 Å². The molecule has 0 aliphatic rings. The molecule has 0 aliphatic heterocycles. The molecule has 2 N–H and O–H groups in total. The summed E-state index contributed by atoms with van der Waals surface area (Å²) < 4.78 is 26.6. The summed E-state index contributed by atoms with van der Waals surface area (Å²) in [5.41, 5.74) is 0. The van der Waals surface area contributed by atoms with Crippen LogP contribution in [-0.2, 0) is 0 Å². The van der Waals surface area contributed by atoms with Gasteiger partial charge in [0.2, 0.25) is 0 Å². The lowest BCUT2D eigenvalue weighted by Crippen LogP contribution is -2.33. The molecule has 1 heterocycles. The van der Waals surface area contributed by atoms with Crippen LogP contribution in [-0.4, -0.2) is 36.8 Å². The minimum Gasteiger partial charge on any atom is -0.394 e. The van der Waals surface area contributed by atoms with Crippen molar-refractivity contribution in [2.24, 2.45) is 0 Å². The van der Waals surface area contributed by atoms with Crippen molar-refractivity contribution in [3.8, 4) is 0 Å². The predicted octanol–water partition coefficient (Wildman–Crippen LogP) is 1.22. The number of hydrogen-bond acceptors (Lipinski definition) is 4. The van der Waals surface area contributed by atoms with E-state index < -0.39 is 11.6 Å². The maximum Gasteiger partial charge on any atom is 0.168 e. The molecule has 0 saturated carbocycles. The molecule has 90 valence electrons. The molecular formula is C10H15F2N3O. The first-order valence-electron chi connectivity index (χ1n) is 4.88. The van der Waals surface area contributed by atoms with Crippen LogP contribution in [0.3, 0.4) is 0 Å². The highest BCUT2D eigenvalue weighted by Crippen LogP contribution is 2.22. The molecule has 16 heavy (non-hydrogen) atoms. The van der Waals surface area contributed by atoms with Crippen molar-refractivity contribution in [2.45, 2.75) is 13.0 Å². The summed E-state index contributed by atoms with van der Waals surface area (Å²) in [5, 5.41) is 11.5. The van der Waals surface area contributed by atoms with E-state index in [1.54, 1.807) is 14.0 Å². The van der Waals surface area contributed by atoms with Crippen LogP contribution in [0.2, 0.25) is 0 Å². The number of hydrogen-bond donors (Lipinski definition) is 2. The first-order chi connectivity index (χ1) is 7.51. The quantitative estimate of drug-likeness (QED) is 0.818. The topological polar surface area (TPSA) is 48.4 Å². The van der Waals surface area contributed by atoms with Gasteiger partial charge in [0.25, 0.3) is 0 Å². The van der Waals surface area contributed by atoms with Crippen molar-refractivity contribution < 1.29 is 13.9 Å². The Labute approximate surface area is 92.9 Å². The zero-order valence-electron chi connectivity index (χ0n) is 9.46. The van der Waals surface area contributed by atoms with E-state index in [1.165, 1.54) is 11.9 Å². The summed E-state index contributed by atoms with van der Waals surface area (Å²) in [5.74, 6) is -1.51. The van der Waals surface area contributed by atoms with Gasteiger partial charge in [0.15, 0.2) is 23.3 Å². The fourth-order valence-corrected chi connectivity index (χ4v) is 1.21. The fourth-order valence-electron chi connectivity index (χ4n) is 1.21. The third kappa shape index (κ3) is 2.38. The largest absolute Gasteiger partial charge is 0.394 e. The van der Waals surface area contributed by atoms with E-state index in [9.17, 15) is 8.78 Å². The van der Waals surface area contributed by atoms with Gasteiger partial charge in [0.1, 0.15) is 0 Å². The van der Waals surface area contributed by atoms with Gasteiger partial charge < -0.3 is 15.3 Å². The zero-order chi connectivity index (χ0) is 12.3. The van der Waals surface area contributed by atoms with Gasteiger partial charge in [-0.1, -0.05) is 0 Å². The molecule has 6 heteroatoms. The fraction of sp³-hybridized carbons (Fsp3) is 0.500. The Morgan fingerprint density at radius 3 is 2.62 bits per heavy atom. The molecular weight excluding hydrogens is 216 g/mol. The van der Waals surface area contributed by atoms with E-state index in [1.807, 2.05) is 0 Å². The molecule has 1 aromatic rings. The Morgan fingerprint density at radius 2 is 2.12 bits per heavy atom. The second kappa shape index (κ2) is 5.07. The van der Waals surface area contributed by atoms with Crippen molar-refractivity contribution in [1.82, 2.24) is 4.98 Å². The highest BCUT2D eigenvalue weighted by molar-refractivity contribution is 5.49. The highest BCUT2D eigenvalue weighted by Gasteiger charge is 2.17. The molecule has 0 aliphatic carbocycles. The molecule has 0 fully saturated rings. The lowest BCUT2D eigenvalue weighted by Gasteiger charge is -2.25. The maximum atomic E-state index is 13.5. The number of anilines is 2. The summed E-state index contributed by atoms with van der Waals surface area (Å²) in [6, 6.07) is 0.478. The molecule has 0 aromatic carbocycles. The van der Waals surface area contributed by atoms with Gasteiger partial charge in [-0.2, -0.15) is 0 Å². The second-order valence-electron chi connectivity index (χ2n) is 3.52. The van der Waals surface area contributed by atoms with Crippen molar-refractivity contribution in [3.05, 3.63) is 17.7 Å². The third-order valence-electron chi connectivity index (χ3n) is 2.41. The molecule has 1 rings (SSSR count). The van der Waals surface area contributed by atoms with E-state index in [2.05, 4.69) is 10.3 Å². The molecule has 0 bridgehead atoms. The summed E-state index contributed by atoms with van der Waals surface area (Å²) in [6.07, 6.45) is 0. The number of halogens is 2. The summed E-state index contributed by atoms with van der Waals surface area (Å²) >= 11 is 0. The van der Waals surface area contributed by atoms with Gasteiger partial charge in [-0.3, -0.25) is 0 Å². The monoisotopic (exact) mass is 231 g/mol. The third-order valence-corrected chi connectivity index (χ3v) is 2.41. The van der Waals surface area contributed by atoms with Gasteiger partial charge in [0.05, 0.1) is 12.6 Å². The van der Waals surface area contributed by atoms with Gasteiger partial charge in [-0.15, -0.1) is 0 Å². The minimum atomic E-state index is -0.751. The lowest BCUT2D eigenvalue weighted by molar-refractivity contribution is 0.269. The highest BCUT2D eigenvalue weighted by atomic mass is 19.1. The number of aliphatic hydroxyl groups excluding tert-OH is 1. The van der Waals surface area contributed by atoms with Crippen molar-refractivity contribution in [2.75, 3.05) is 30.9 Å². The van der Waals surface area contributed by atoms with E-state index in [0.717, 1.165) is 6.07 Å². The standard InChI is InChI=1S/C10H15F2N3O/c1-6(5-16)15(3)10-8(12)4-7(11)9(13-2)14-10/h4,6,16H,5H2,1-3H3,(H,13,14). The smallest absolute Gasteiger partial charge is 0.168 e. The van der Waals surface area contributed by atoms with Gasteiger partial charge >= 0.3 is 0 Å². The number of aliphatic hydroxyl groups is 1. The van der Waals surface area contributed by atoms with Crippen molar-refractivity contribution >= 4 is 11.6 Å². The van der Waals surface area contributed by atoms with Crippen molar-refractivity contribution in [1.29, 1.82) is 0 Å². The minimum absolute atomic E-state index is 0.00676. The summed E-state index contributed by atoms with van der Waals surface area (Å²) in [4.78, 5) is 5.27. The molecule has 1 unspecified atom stereocenters. The van der Waals surface area contributed by atoms with E-state index in [4.69, 9.17) is 5.11 Å². The number of aromatic nitrogens is 1. The first-order valence-corrected chi connectivity index (χ1v) is 4.88. The summed E-state index contributed by atoms with van der Waals surface area (Å²) in [6.45, 7) is 1.58. The summed E-state index contributed by atoms with van der Waals surface area (Å²) in [7, 11) is 3.09. The van der Waals surface area contributed by atoms with E-state index >= 15 is 0 Å². The van der Waals surface area contributed by atoms with Crippen LogP contribution in [0.5, 0.6) is 0 Å². The molecule has 0 radical (unpaired) electrons. The van der Waals surface area contributed by atoms with Crippen LogP contribution in [0.25, 0.3) is 0 Å². The maximum absolute atomic E-state index is 13.5. The molecule has 4 nitrogen and oxygen atoms in total. The average Bonchev–Trinajstić information content (AvgIpc) is 2.27. The lowest BCUT2D eigenvalue weighted by atomic mass is 10.3. The Kier molecular flexibility index (Phi) is 4.00. The number of nitrogens with one attached hydrogen (secondary N) is 1. The average molecular weight is 231 g/mol.